The Kier molecular flexibility index (Phi) is 2.27. The van der Waals surface area contributed by atoms with Crippen LogP contribution < -0.4 is 5.46 Å². The first kappa shape index (κ1) is 9.30. The van der Waals surface area contributed by atoms with Gasteiger partial charge in [-0.1, -0.05) is 53.7 Å². The quantitative estimate of drug-likeness (QED) is 0.451. The van der Waals surface area contributed by atoms with Crippen molar-refractivity contribution in [2.45, 2.75) is 6.32 Å². The van der Waals surface area contributed by atoms with E-state index in [9.17, 15) is 0 Å². The van der Waals surface area contributed by atoms with Crippen molar-refractivity contribution in [1.82, 2.24) is 0 Å². The lowest BCUT2D eigenvalue weighted by Crippen LogP contribution is -2.21. The molecule has 0 bridgehead atoms. The normalized spacial score (nSPS) is 12.0. The number of benzene rings is 2. The summed E-state index contributed by atoms with van der Waals surface area (Å²) in [6, 6.07) is 16.6. The molecule has 16 heavy (non-hydrogen) atoms. The zero-order valence-electron chi connectivity index (χ0n) is 8.90. The van der Waals surface area contributed by atoms with Crippen LogP contribution in [0.4, 0.5) is 0 Å². The van der Waals surface area contributed by atoms with Gasteiger partial charge < -0.3 is 0 Å². The molecule has 0 unspecified atom stereocenters. The predicted molar refractivity (Wildman–Crippen MR) is 68.0 cm³/mol. The summed E-state index contributed by atoms with van der Waals surface area (Å²) in [5.41, 5.74) is 4.82. The van der Waals surface area contributed by atoms with E-state index in [0.717, 1.165) is 17.4 Å². The van der Waals surface area contributed by atoms with Gasteiger partial charge >= 0.3 is 0 Å². The van der Waals surface area contributed by atoms with Crippen molar-refractivity contribution < 1.29 is 0 Å². The van der Waals surface area contributed by atoms with Gasteiger partial charge in [-0.3, -0.25) is 0 Å². The largest absolute Gasteiger partial charge is 0.158 e. The summed E-state index contributed by atoms with van der Waals surface area (Å²) in [5, 5.41) is 0. The number of hydrogen-bond acceptors (Lipinski definition) is 0. The average Bonchev–Trinajstić information content (AvgIpc) is 2.32. The molecule has 0 spiro atoms. The van der Waals surface area contributed by atoms with E-state index < -0.39 is 0 Å². The van der Waals surface area contributed by atoms with Gasteiger partial charge in [-0.15, -0.1) is 0 Å². The molecule has 3 rings (SSSR count). The second kappa shape index (κ2) is 3.91. The Balaban J connectivity index is 2.16. The topological polar surface area (TPSA) is 0 Å². The van der Waals surface area contributed by atoms with Crippen molar-refractivity contribution in [2.24, 2.45) is 0 Å². The fraction of sp³-hybridized carbons (Fsp3) is 0.0667. The molecule has 2 aromatic carbocycles. The molecule has 0 aromatic heterocycles. The summed E-state index contributed by atoms with van der Waals surface area (Å²) in [6.45, 7) is 0. The predicted octanol–water partition coefficient (Wildman–Crippen LogP) is 1.93. The Hall–Kier alpha value is -1.94. The summed E-state index contributed by atoms with van der Waals surface area (Å²) >= 11 is 0. The zero-order valence-corrected chi connectivity index (χ0v) is 8.90. The molecular weight excluding hydrogens is 191 g/mol. The van der Waals surface area contributed by atoms with E-state index in [1.807, 2.05) is 12.1 Å². The van der Waals surface area contributed by atoms with Crippen LogP contribution in [0.25, 0.3) is 0 Å². The molecule has 1 heterocycles. The molecule has 73 valence electrons. The Morgan fingerprint density at radius 2 is 1.50 bits per heavy atom. The zero-order chi connectivity index (χ0) is 10.8. The molecule has 0 N–H and O–H groups in total. The Bertz CT molecular complexity index is 536. The first-order chi connectivity index (χ1) is 7.93. The SMILES string of the molecule is [B]1Cc2ccccc2C#Cc2ccccc21. The van der Waals surface area contributed by atoms with Crippen molar-refractivity contribution in [1.29, 1.82) is 0 Å². The van der Waals surface area contributed by atoms with Crippen LogP contribution >= 0.6 is 0 Å². The molecule has 1 aliphatic heterocycles. The van der Waals surface area contributed by atoms with Crippen LogP contribution in [0, 0.1) is 11.8 Å². The molecule has 0 saturated heterocycles. The van der Waals surface area contributed by atoms with Gasteiger partial charge in [0.25, 0.3) is 0 Å². The smallest absolute Gasteiger partial charge is 0.0721 e. The fourth-order valence-corrected chi connectivity index (χ4v) is 1.96. The number of hydrogen-bond donors (Lipinski definition) is 0. The molecule has 0 nitrogen and oxygen atoms in total. The molecule has 2 aromatic rings. The van der Waals surface area contributed by atoms with E-state index >= 15 is 0 Å². The van der Waals surface area contributed by atoms with Crippen LogP contribution in [0.15, 0.2) is 48.5 Å². The molecule has 1 radical (unpaired) electrons. The van der Waals surface area contributed by atoms with Crippen LogP contribution in [0.3, 0.4) is 0 Å². The first-order valence-corrected chi connectivity index (χ1v) is 5.46. The van der Waals surface area contributed by atoms with Crippen LogP contribution in [0.1, 0.15) is 16.7 Å². The Morgan fingerprint density at radius 3 is 2.44 bits per heavy atom. The molecular formula is C15H10B. The third-order valence-corrected chi connectivity index (χ3v) is 2.85. The van der Waals surface area contributed by atoms with Gasteiger partial charge in [-0.25, -0.2) is 0 Å². The maximum absolute atomic E-state index is 3.25. The van der Waals surface area contributed by atoms with Crippen molar-refractivity contribution in [3.05, 3.63) is 65.2 Å². The van der Waals surface area contributed by atoms with Gasteiger partial charge in [0, 0.05) is 11.1 Å². The van der Waals surface area contributed by atoms with Crippen molar-refractivity contribution >= 4 is 12.7 Å². The lowest BCUT2D eigenvalue weighted by molar-refractivity contribution is 1.36. The van der Waals surface area contributed by atoms with E-state index in [4.69, 9.17) is 0 Å². The maximum atomic E-state index is 3.25. The highest BCUT2D eigenvalue weighted by atomic mass is 14.0. The van der Waals surface area contributed by atoms with Crippen LogP contribution in [-0.4, -0.2) is 7.28 Å². The summed E-state index contributed by atoms with van der Waals surface area (Å²) in [5.74, 6) is 6.49. The summed E-state index contributed by atoms with van der Waals surface area (Å²) in [4.78, 5) is 0. The molecule has 0 aliphatic carbocycles. The number of fused-ring (bicyclic) bond motifs is 2. The number of rotatable bonds is 0. The van der Waals surface area contributed by atoms with Gasteiger partial charge in [0.15, 0.2) is 7.28 Å². The first-order valence-electron chi connectivity index (χ1n) is 5.46. The van der Waals surface area contributed by atoms with Crippen LogP contribution in [-0.2, 0) is 6.32 Å². The highest BCUT2D eigenvalue weighted by Gasteiger charge is 2.06. The van der Waals surface area contributed by atoms with Crippen LogP contribution in [0.5, 0.6) is 0 Å². The minimum absolute atomic E-state index is 0.960. The Labute approximate surface area is 96.6 Å². The second-order valence-corrected chi connectivity index (χ2v) is 3.90. The molecule has 1 heteroatoms. The molecule has 0 atom stereocenters. The monoisotopic (exact) mass is 201 g/mol. The lowest BCUT2D eigenvalue weighted by Gasteiger charge is -2.08. The van der Waals surface area contributed by atoms with Crippen LogP contribution in [0.2, 0.25) is 0 Å². The maximum Gasteiger partial charge on any atom is 0.158 e. The minimum atomic E-state index is 0.960. The Morgan fingerprint density at radius 1 is 0.812 bits per heavy atom. The third-order valence-electron chi connectivity index (χ3n) is 2.85. The molecule has 0 fully saturated rings. The fourth-order valence-electron chi connectivity index (χ4n) is 1.96. The van der Waals surface area contributed by atoms with E-state index in [-0.39, 0.29) is 0 Å². The van der Waals surface area contributed by atoms with Gasteiger partial charge in [-0.05, 0) is 24.0 Å². The molecule has 0 amide bonds. The second-order valence-electron chi connectivity index (χ2n) is 3.90. The third kappa shape index (κ3) is 1.63. The van der Waals surface area contributed by atoms with Gasteiger partial charge in [0.2, 0.25) is 0 Å². The highest BCUT2D eigenvalue weighted by Crippen LogP contribution is 2.10. The highest BCUT2D eigenvalue weighted by molar-refractivity contribution is 6.54. The molecule has 0 saturated carbocycles. The van der Waals surface area contributed by atoms with Crippen molar-refractivity contribution in [3.8, 4) is 11.8 Å². The van der Waals surface area contributed by atoms with Gasteiger partial charge in [0.05, 0.1) is 0 Å². The van der Waals surface area contributed by atoms with Crippen molar-refractivity contribution in [3.63, 3.8) is 0 Å². The van der Waals surface area contributed by atoms with Gasteiger partial charge in [-0.2, -0.15) is 0 Å². The summed E-state index contributed by atoms with van der Waals surface area (Å²) in [7, 11) is 2.25. The summed E-state index contributed by atoms with van der Waals surface area (Å²) < 4.78 is 0. The standard InChI is InChI=1S/C15H10B/c1-2-7-14-11-16-15-8-4-3-6-13(15)10-9-12(14)5-1/h1-8H,11H2. The van der Waals surface area contributed by atoms with E-state index in [0.29, 0.717) is 0 Å². The van der Waals surface area contributed by atoms with E-state index in [1.54, 1.807) is 0 Å². The van der Waals surface area contributed by atoms with E-state index in [2.05, 4.69) is 55.5 Å². The van der Waals surface area contributed by atoms with Gasteiger partial charge in [0.1, 0.15) is 0 Å². The van der Waals surface area contributed by atoms with Crippen molar-refractivity contribution in [2.75, 3.05) is 0 Å². The summed E-state index contributed by atoms with van der Waals surface area (Å²) in [6.07, 6.45) is 0.960. The van der Waals surface area contributed by atoms with E-state index in [1.165, 1.54) is 11.0 Å². The lowest BCUT2D eigenvalue weighted by atomic mass is 9.62. The average molecular weight is 201 g/mol. The minimum Gasteiger partial charge on any atom is -0.0721 e. The molecule has 1 aliphatic rings.